The summed E-state index contributed by atoms with van der Waals surface area (Å²) in [5.41, 5.74) is 3.51. The van der Waals surface area contributed by atoms with Crippen LogP contribution in [-0.2, 0) is 6.42 Å². The monoisotopic (exact) mass is 392 g/mol. The van der Waals surface area contributed by atoms with Crippen molar-refractivity contribution in [3.05, 3.63) is 53.3 Å². The predicted molar refractivity (Wildman–Crippen MR) is 114 cm³/mol. The normalized spacial score (nSPS) is 27.3. The van der Waals surface area contributed by atoms with E-state index in [1.54, 1.807) is 6.20 Å². The van der Waals surface area contributed by atoms with Gasteiger partial charge in [-0.3, -0.25) is 9.89 Å². The standard InChI is InChI=1S/C24H32N4O/c29-23(21-14-26-27-22(21)19-9-5-2-6-10-19)28-15-20-13-25-16-24(20,17-28)12-11-18-7-3-1-4-8-18/h1,3-4,7-8,14,19-20,25H,2,5-6,9-13,15-17H2,(H,26,27). The molecule has 0 bridgehead atoms. The molecule has 154 valence electrons. The molecule has 3 fully saturated rings. The van der Waals surface area contributed by atoms with E-state index in [1.165, 1.54) is 37.7 Å². The minimum Gasteiger partial charge on any atom is -0.338 e. The van der Waals surface area contributed by atoms with E-state index in [1.807, 2.05) is 0 Å². The van der Waals surface area contributed by atoms with Gasteiger partial charge in [0.25, 0.3) is 5.91 Å². The molecular weight excluding hydrogens is 360 g/mol. The summed E-state index contributed by atoms with van der Waals surface area (Å²) >= 11 is 0. The lowest BCUT2D eigenvalue weighted by atomic mass is 9.76. The van der Waals surface area contributed by atoms with Gasteiger partial charge in [0.1, 0.15) is 0 Å². The molecule has 1 saturated carbocycles. The van der Waals surface area contributed by atoms with Crippen LogP contribution in [0.15, 0.2) is 36.5 Å². The van der Waals surface area contributed by atoms with Gasteiger partial charge in [-0.15, -0.1) is 0 Å². The lowest BCUT2D eigenvalue weighted by Gasteiger charge is -2.28. The number of nitrogens with zero attached hydrogens (tertiary/aromatic N) is 2. The predicted octanol–water partition coefficient (Wildman–Crippen LogP) is 3.75. The van der Waals surface area contributed by atoms with Crippen molar-refractivity contribution in [2.75, 3.05) is 26.2 Å². The quantitative estimate of drug-likeness (QED) is 0.815. The van der Waals surface area contributed by atoms with Gasteiger partial charge < -0.3 is 10.2 Å². The number of nitrogens with one attached hydrogen (secondary N) is 2. The van der Waals surface area contributed by atoms with Crippen LogP contribution in [0.3, 0.4) is 0 Å². The van der Waals surface area contributed by atoms with Crippen LogP contribution in [0.4, 0.5) is 0 Å². The molecule has 2 aromatic rings. The Balaban J connectivity index is 1.30. The summed E-state index contributed by atoms with van der Waals surface area (Å²) < 4.78 is 0. The number of fused-ring (bicyclic) bond motifs is 1. The van der Waals surface area contributed by atoms with Crippen molar-refractivity contribution in [2.24, 2.45) is 11.3 Å². The largest absolute Gasteiger partial charge is 0.338 e. The highest BCUT2D eigenvalue weighted by molar-refractivity contribution is 5.95. The highest BCUT2D eigenvalue weighted by Gasteiger charge is 2.50. The van der Waals surface area contributed by atoms with Gasteiger partial charge in [0.15, 0.2) is 0 Å². The molecule has 2 atom stereocenters. The molecule has 3 heterocycles. The Labute approximate surface area is 173 Å². The van der Waals surface area contributed by atoms with Crippen molar-refractivity contribution in [3.63, 3.8) is 0 Å². The molecule has 0 spiro atoms. The first kappa shape index (κ1) is 18.9. The molecule has 2 N–H and O–H groups in total. The average Bonchev–Trinajstić information content (AvgIpc) is 3.47. The van der Waals surface area contributed by atoms with Crippen LogP contribution in [-0.4, -0.2) is 47.2 Å². The lowest BCUT2D eigenvalue weighted by molar-refractivity contribution is 0.0767. The number of amides is 1. The van der Waals surface area contributed by atoms with Gasteiger partial charge in [0, 0.05) is 37.5 Å². The van der Waals surface area contributed by atoms with Crippen molar-refractivity contribution >= 4 is 5.91 Å². The molecule has 1 aromatic carbocycles. The third-order valence-corrected chi connectivity index (χ3v) is 7.63. The molecule has 3 aliphatic rings. The van der Waals surface area contributed by atoms with Gasteiger partial charge in [-0.25, -0.2) is 0 Å². The van der Waals surface area contributed by atoms with E-state index in [0.717, 1.165) is 50.3 Å². The molecule has 5 nitrogen and oxygen atoms in total. The number of likely N-dealkylation sites (tertiary alicyclic amines) is 1. The molecule has 1 amide bonds. The molecule has 2 saturated heterocycles. The molecule has 0 radical (unpaired) electrons. The van der Waals surface area contributed by atoms with Gasteiger partial charge in [0.2, 0.25) is 0 Å². The second-order valence-electron chi connectivity index (χ2n) is 9.39. The van der Waals surface area contributed by atoms with E-state index >= 15 is 0 Å². The second-order valence-corrected chi connectivity index (χ2v) is 9.39. The number of rotatable bonds is 5. The first-order valence-corrected chi connectivity index (χ1v) is 11.3. The fourth-order valence-corrected chi connectivity index (χ4v) is 5.91. The Morgan fingerprint density at radius 3 is 2.83 bits per heavy atom. The number of hydrogen-bond acceptors (Lipinski definition) is 3. The maximum Gasteiger partial charge on any atom is 0.257 e. The molecule has 1 aromatic heterocycles. The molecule has 2 unspecified atom stereocenters. The van der Waals surface area contributed by atoms with Gasteiger partial charge >= 0.3 is 0 Å². The van der Waals surface area contributed by atoms with Crippen molar-refractivity contribution in [3.8, 4) is 0 Å². The molecule has 29 heavy (non-hydrogen) atoms. The molecule has 1 aliphatic carbocycles. The number of aryl methyl sites for hydroxylation is 1. The first-order valence-electron chi connectivity index (χ1n) is 11.3. The van der Waals surface area contributed by atoms with Crippen LogP contribution in [0, 0.1) is 11.3 Å². The summed E-state index contributed by atoms with van der Waals surface area (Å²) in [5.74, 6) is 1.22. The zero-order chi connectivity index (χ0) is 19.7. The van der Waals surface area contributed by atoms with Crippen molar-refractivity contribution in [1.29, 1.82) is 0 Å². The minimum absolute atomic E-state index is 0.188. The van der Waals surface area contributed by atoms with Gasteiger partial charge in [-0.2, -0.15) is 5.10 Å². The van der Waals surface area contributed by atoms with Crippen LogP contribution < -0.4 is 5.32 Å². The first-order chi connectivity index (χ1) is 14.3. The van der Waals surface area contributed by atoms with E-state index in [9.17, 15) is 4.79 Å². The second kappa shape index (κ2) is 7.94. The van der Waals surface area contributed by atoms with Crippen LogP contribution in [0.5, 0.6) is 0 Å². The Morgan fingerprint density at radius 1 is 1.17 bits per heavy atom. The highest BCUT2D eigenvalue weighted by Crippen LogP contribution is 2.43. The number of carbonyl (C=O) groups excluding carboxylic acids is 1. The Kier molecular flexibility index (Phi) is 5.17. The zero-order valence-corrected chi connectivity index (χ0v) is 17.2. The van der Waals surface area contributed by atoms with E-state index in [-0.39, 0.29) is 11.3 Å². The van der Waals surface area contributed by atoms with Crippen molar-refractivity contribution in [2.45, 2.75) is 50.9 Å². The summed E-state index contributed by atoms with van der Waals surface area (Å²) in [6.07, 6.45) is 10.2. The van der Waals surface area contributed by atoms with Crippen molar-refractivity contribution in [1.82, 2.24) is 20.4 Å². The van der Waals surface area contributed by atoms with E-state index in [4.69, 9.17) is 0 Å². The SMILES string of the molecule is O=C(c1cn[nH]c1C1CCCCC1)N1CC2CNCC2(CCc2ccccc2)C1. The summed E-state index contributed by atoms with van der Waals surface area (Å²) in [6.45, 7) is 3.79. The summed E-state index contributed by atoms with van der Waals surface area (Å²) in [4.78, 5) is 15.6. The third-order valence-electron chi connectivity index (χ3n) is 7.63. The number of H-pyrrole nitrogens is 1. The van der Waals surface area contributed by atoms with Gasteiger partial charge in [-0.1, -0.05) is 49.6 Å². The van der Waals surface area contributed by atoms with Crippen LogP contribution in [0.25, 0.3) is 0 Å². The maximum atomic E-state index is 13.5. The Hall–Kier alpha value is -2.14. The number of aromatic nitrogens is 2. The summed E-state index contributed by atoms with van der Waals surface area (Å²) in [6, 6.07) is 10.7. The maximum absolute atomic E-state index is 13.5. The molecular formula is C24H32N4O. The van der Waals surface area contributed by atoms with Gasteiger partial charge in [-0.05, 0) is 37.2 Å². The van der Waals surface area contributed by atoms with Crippen LogP contribution >= 0.6 is 0 Å². The number of benzene rings is 1. The number of carbonyl (C=O) groups is 1. The Bertz CT molecular complexity index is 842. The fourth-order valence-electron chi connectivity index (χ4n) is 5.91. The van der Waals surface area contributed by atoms with E-state index in [0.29, 0.717) is 11.8 Å². The van der Waals surface area contributed by atoms with Gasteiger partial charge in [0.05, 0.1) is 17.5 Å². The van der Waals surface area contributed by atoms with Crippen molar-refractivity contribution < 1.29 is 4.79 Å². The van der Waals surface area contributed by atoms with Crippen LogP contribution in [0.2, 0.25) is 0 Å². The third kappa shape index (κ3) is 3.61. The molecule has 5 heteroatoms. The fraction of sp³-hybridized carbons (Fsp3) is 0.583. The average molecular weight is 393 g/mol. The lowest BCUT2D eigenvalue weighted by Crippen LogP contribution is -2.36. The topological polar surface area (TPSA) is 61.0 Å². The molecule has 2 aliphatic heterocycles. The van der Waals surface area contributed by atoms with Crippen LogP contribution in [0.1, 0.15) is 66.1 Å². The van der Waals surface area contributed by atoms with E-state index in [2.05, 4.69) is 50.7 Å². The summed E-state index contributed by atoms with van der Waals surface area (Å²) in [5, 5.41) is 11.0. The number of aromatic amines is 1. The Morgan fingerprint density at radius 2 is 2.00 bits per heavy atom. The number of hydrogen-bond donors (Lipinski definition) is 2. The molecule has 5 rings (SSSR count). The smallest absolute Gasteiger partial charge is 0.257 e. The highest BCUT2D eigenvalue weighted by atomic mass is 16.2. The van der Waals surface area contributed by atoms with E-state index < -0.39 is 0 Å². The summed E-state index contributed by atoms with van der Waals surface area (Å²) in [7, 11) is 0. The minimum atomic E-state index is 0.188. The zero-order valence-electron chi connectivity index (χ0n) is 17.2.